The summed E-state index contributed by atoms with van der Waals surface area (Å²) in [5.41, 5.74) is 3.07. The summed E-state index contributed by atoms with van der Waals surface area (Å²) in [6, 6.07) is 1.49. The van der Waals surface area contributed by atoms with Crippen LogP contribution in [0, 0.1) is 0 Å². The number of halogens is 4. The summed E-state index contributed by atoms with van der Waals surface area (Å²) in [5, 5.41) is 2.27. The molecule has 8 heteroatoms. The highest BCUT2D eigenvalue weighted by Gasteiger charge is 2.33. The zero-order valence-electron chi connectivity index (χ0n) is 10.3. The molecule has 1 unspecified atom stereocenters. The van der Waals surface area contributed by atoms with Gasteiger partial charge in [-0.2, -0.15) is 13.2 Å². The van der Waals surface area contributed by atoms with Crippen molar-refractivity contribution in [1.29, 1.82) is 0 Å². The van der Waals surface area contributed by atoms with Crippen molar-refractivity contribution in [3.8, 4) is 0 Å². The molecule has 0 saturated heterocycles. The lowest BCUT2D eigenvalue weighted by Crippen LogP contribution is -2.47. The summed E-state index contributed by atoms with van der Waals surface area (Å²) in [6.45, 7) is 3.15. The Morgan fingerprint density at radius 3 is 2.47 bits per heavy atom. The summed E-state index contributed by atoms with van der Waals surface area (Å²) in [4.78, 5) is 15.0. The number of carbonyl (C=O) groups excluding carboxylic acids is 1. The van der Waals surface area contributed by atoms with Gasteiger partial charge in [-0.1, -0.05) is 18.5 Å². The molecule has 106 valence electrons. The van der Waals surface area contributed by atoms with Gasteiger partial charge in [0.05, 0.1) is 5.56 Å². The van der Waals surface area contributed by atoms with Crippen LogP contribution in [-0.2, 0) is 11.0 Å². The topological polar surface area (TPSA) is 68.0 Å². The molecular formula is C11H13ClF3N3O. The molecule has 1 atom stereocenters. The molecule has 1 rings (SSSR count). The molecule has 0 aliphatic carbocycles. The van der Waals surface area contributed by atoms with Crippen LogP contribution in [0.5, 0.6) is 0 Å². The highest BCUT2D eigenvalue weighted by atomic mass is 35.5. The molecule has 0 aliphatic rings. The van der Waals surface area contributed by atoms with Gasteiger partial charge in [-0.3, -0.25) is 4.79 Å². The first-order valence-electron chi connectivity index (χ1n) is 5.41. The molecular weight excluding hydrogens is 283 g/mol. The predicted molar refractivity (Wildman–Crippen MR) is 65.8 cm³/mol. The second-order valence-corrected chi connectivity index (χ2v) is 4.62. The third-order valence-corrected chi connectivity index (χ3v) is 2.97. The molecule has 0 spiro atoms. The maximum Gasteiger partial charge on any atom is 0.416 e. The predicted octanol–water partition coefficient (Wildman–Crippen LogP) is 2.82. The highest BCUT2D eigenvalue weighted by Crippen LogP contribution is 2.32. The number of nitrogens with one attached hydrogen (secondary N) is 1. The molecule has 0 fully saturated rings. The van der Waals surface area contributed by atoms with E-state index in [0.717, 1.165) is 6.07 Å². The smallest absolute Gasteiger partial charge is 0.368 e. The minimum absolute atomic E-state index is 0.150. The molecule has 1 aromatic heterocycles. The first-order chi connectivity index (χ1) is 8.58. The van der Waals surface area contributed by atoms with Crippen LogP contribution in [-0.4, -0.2) is 16.4 Å². The number of primary amides is 1. The van der Waals surface area contributed by atoms with Crippen molar-refractivity contribution >= 4 is 23.3 Å². The van der Waals surface area contributed by atoms with E-state index >= 15 is 0 Å². The van der Waals surface area contributed by atoms with Crippen molar-refractivity contribution in [3.63, 3.8) is 0 Å². The largest absolute Gasteiger partial charge is 0.416 e. The number of alkyl halides is 3. The average Bonchev–Trinajstić information content (AvgIpc) is 2.26. The molecule has 0 radical (unpaired) electrons. The Kier molecular flexibility index (Phi) is 4.29. The number of anilines is 1. The van der Waals surface area contributed by atoms with E-state index in [-0.39, 0.29) is 17.4 Å². The first-order valence-corrected chi connectivity index (χ1v) is 5.79. The van der Waals surface area contributed by atoms with E-state index in [1.807, 2.05) is 0 Å². The Morgan fingerprint density at radius 1 is 1.47 bits per heavy atom. The number of hydrogen-bond acceptors (Lipinski definition) is 3. The second kappa shape index (κ2) is 5.24. The molecule has 19 heavy (non-hydrogen) atoms. The van der Waals surface area contributed by atoms with Gasteiger partial charge < -0.3 is 11.1 Å². The number of nitrogens with two attached hydrogens (primary N) is 1. The van der Waals surface area contributed by atoms with Gasteiger partial charge in [0, 0.05) is 0 Å². The van der Waals surface area contributed by atoms with Crippen molar-refractivity contribution in [2.24, 2.45) is 5.73 Å². The average molecular weight is 296 g/mol. The monoisotopic (exact) mass is 295 g/mol. The van der Waals surface area contributed by atoms with Crippen molar-refractivity contribution in [2.75, 3.05) is 5.32 Å². The summed E-state index contributed by atoms with van der Waals surface area (Å²) in [5.74, 6) is -0.840. The molecule has 0 aromatic carbocycles. The number of rotatable bonds is 4. The zero-order chi connectivity index (χ0) is 14.8. The van der Waals surface area contributed by atoms with Gasteiger partial charge in [0.1, 0.15) is 16.5 Å². The van der Waals surface area contributed by atoms with Crippen molar-refractivity contribution in [1.82, 2.24) is 4.98 Å². The Morgan fingerprint density at radius 2 is 2.05 bits per heavy atom. The highest BCUT2D eigenvalue weighted by molar-refractivity contribution is 6.29. The van der Waals surface area contributed by atoms with Gasteiger partial charge in [-0.15, -0.1) is 0 Å². The molecule has 1 amide bonds. The van der Waals surface area contributed by atoms with E-state index in [0.29, 0.717) is 6.07 Å². The van der Waals surface area contributed by atoms with E-state index in [4.69, 9.17) is 17.3 Å². The summed E-state index contributed by atoms with van der Waals surface area (Å²) < 4.78 is 37.8. The molecule has 0 aliphatic heterocycles. The number of carbonyl (C=O) groups is 1. The molecule has 4 nitrogen and oxygen atoms in total. The van der Waals surface area contributed by atoms with Gasteiger partial charge in [0.25, 0.3) is 0 Å². The van der Waals surface area contributed by atoms with Crippen molar-refractivity contribution in [2.45, 2.75) is 32.0 Å². The number of aromatic nitrogens is 1. The number of hydrogen-bond donors (Lipinski definition) is 2. The fourth-order valence-electron chi connectivity index (χ4n) is 1.33. The Labute approximate surface area is 113 Å². The van der Waals surface area contributed by atoms with E-state index in [9.17, 15) is 18.0 Å². The van der Waals surface area contributed by atoms with Gasteiger partial charge >= 0.3 is 6.18 Å². The third-order valence-electron chi connectivity index (χ3n) is 2.78. The van der Waals surface area contributed by atoms with Gasteiger partial charge in [0.15, 0.2) is 0 Å². The quantitative estimate of drug-likeness (QED) is 0.839. The molecule has 1 heterocycles. The summed E-state index contributed by atoms with van der Waals surface area (Å²) in [7, 11) is 0. The normalized spacial score (nSPS) is 14.8. The van der Waals surface area contributed by atoms with Crippen LogP contribution < -0.4 is 11.1 Å². The maximum absolute atomic E-state index is 12.6. The molecule has 0 bridgehead atoms. The van der Waals surface area contributed by atoms with E-state index in [2.05, 4.69) is 10.3 Å². The molecule has 3 N–H and O–H groups in total. The lowest BCUT2D eigenvalue weighted by Gasteiger charge is -2.26. The number of amides is 1. The van der Waals surface area contributed by atoms with Gasteiger partial charge in [0.2, 0.25) is 5.91 Å². The van der Waals surface area contributed by atoms with Gasteiger partial charge in [-0.05, 0) is 25.5 Å². The van der Waals surface area contributed by atoms with Crippen LogP contribution in [0.25, 0.3) is 0 Å². The van der Waals surface area contributed by atoms with E-state index in [1.54, 1.807) is 6.92 Å². The molecule has 0 saturated carbocycles. The lowest BCUT2D eigenvalue weighted by molar-refractivity contribution is -0.137. The van der Waals surface area contributed by atoms with Crippen molar-refractivity contribution in [3.05, 3.63) is 22.8 Å². The van der Waals surface area contributed by atoms with Crippen LogP contribution in [0.2, 0.25) is 5.15 Å². The SMILES string of the molecule is CCC(C)(Nc1cc(C(F)(F)F)cc(Cl)n1)C(N)=O. The second-order valence-electron chi connectivity index (χ2n) is 4.24. The Balaban J connectivity index is 3.15. The Hall–Kier alpha value is -1.50. The fraction of sp³-hybridized carbons (Fsp3) is 0.455. The van der Waals surface area contributed by atoms with Crippen LogP contribution in [0.1, 0.15) is 25.8 Å². The summed E-state index contributed by atoms with van der Waals surface area (Å²) in [6.07, 6.45) is -4.25. The zero-order valence-corrected chi connectivity index (χ0v) is 11.1. The minimum Gasteiger partial charge on any atom is -0.368 e. The third kappa shape index (κ3) is 3.73. The fourth-order valence-corrected chi connectivity index (χ4v) is 1.54. The van der Waals surface area contributed by atoms with E-state index < -0.39 is 23.2 Å². The Bertz CT molecular complexity index is 493. The minimum atomic E-state index is -4.54. The van der Waals surface area contributed by atoms with Crippen LogP contribution in [0.3, 0.4) is 0 Å². The van der Waals surface area contributed by atoms with Crippen LogP contribution in [0.15, 0.2) is 12.1 Å². The van der Waals surface area contributed by atoms with Crippen LogP contribution in [0.4, 0.5) is 19.0 Å². The molecule has 1 aromatic rings. The lowest BCUT2D eigenvalue weighted by atomic mass is 9.98. The summed E-state index contributed by atoms with van der Waals surface area (Å²) >= 11 is 5.54. The van der Waals surface area contributed by atoms with Crippen molar-refractivity contribution < 1.29 is 18.0 Å². The van der Waals surface area contributed by atoms with E-state index in [1.165, 1.54) is 6.92 Å². The first kappa shape index (κ1) is 15.6. The number of nitrogens with zero attached hydrogens (tertiary/aromatic N) is 1. The number of pyridine rings is 1. The maximum atomic E-state index is 12.6. The van der Waals surface area contributed by atoms with Crippen LogP contribution >= 0.6 is 11.6 Å². The standard InChI is InChI=1S/C11H13ClF3N3O/c1-3-10(2,9(16)19)18-8-5-6(11(13,14)15)4-7(12)17-8/h4-5H,3H2,1-2H3,(H2,16,19)(H,17,18). The van der Waals surface area contributed by atoms with Gasteiger partial charge in [-0.25, -0.2) is 4.98 Å².